The highest BCUT2D eigenvalue weighted by atomic mass is 16.5. The van der Waals surface area contributed by atoms with E-state index in [1.165, 1.54) is 10.1 Å². The Bertz CT molecular complexity index is 1200. The van der Waals surface area contributed by atoms with Crippen LogP contribution in [0, 0.1) is 11.8 Å². The Labute approximate surface area is 175 Å². The van der Waals surface area contributed by atoms with Gasteiger partial charge < -0.3 is 10.5 Å². The number of methoxy groups -OCH3 is 1. The molecule has 2 aromatic carbocycles. The Balaban J connectivity index is 1.57. The van der Waals surface area contributed by atoms with Gasteiger partial charge in [-0.05, 0) is 53.0 Å². The van der Waals surface area contributed by atoms with E-state index in [9.17, 15) is 4.79 Å². The summed E-state index contributed by atoms with van der Waals surface area (Å²) in [6, 6.07) is 18.5. The summed E-state index contributed by atoms with van der Waals surface area (Å²) in [5.74, 6) is 2.40. The molecule has 5 heteroatoms. The van der Waals surface area contributed by atoms with Gasteiger partial charge in [-0.2, -0.15) is 0 Å². The van der Waals surface area contributed by atoms with Gasteiger partial charge in [-0.15, -0.1) is 0 Å². The number of hydrogen-bond donors (Lipinski definition) is 1. The van der Waals surface area contributed by atoms with Crippen LogP contribution in [-0.2, 0) is 7.05 Å². The number of ether oxygens (including phenoxy) is 1. The molecule has 1 heterocycles. The molecule has 1 saturated carbocycles. The lowest BCUT2D eigenvalue weighted by molar-refractivity contribution is 0.415. The maximum Gasteiger partial charge on any atom is 0.254 e. The van der Waals surface area contributed by atoms with Gasteiger partial charge in [-0.1, -0.05) is 48.6 Å². The quantitative estimate of drug-likeness (QED) is 0.670. The number of rotatable bonds is 4. The first-order valence-electron chi connectivity index (χ1n) is 10.3. The number of anilines is 1. The molecular weight excluding hydrogens is 374 g/mol. The largest absolute Gasteiger partial charge is 0.497 e. The first-order valence-corrected chi connectivity index (χ1v) is 10.3. The summed E-state index contributed by atoms with van der Waals surface area (Å²) in [4.78, 5) is 17.0. The van der Waals surface area contributed by atoms with Crippen molar-refractivity contribution < 1.29 is 4.74 Å². The van der Waals surface area contributed by atoms with Gasteiger partial charge in [0, 0.05) is 19.0 Å². The van der Waals surface area contributed by atoms with E-state index in [2.05, 4.69) is 53.5 Å². The van der Waals surface area contributed by atoms with Crippen LogP contribution in [0.4, 0.5) is 5.95 Å². The lowest BCUT2D eigenvalue weighted by Crippen LogP contribution is -2.25. The summed E-state index contributed by atoms with van der Waals surface area (Å²) in [5, 5.41) is 0. The Hall–Kier alpha value is -3.34. The van der Waals surface area contributed by atoms with Crippen molar-refractivity contribution in [2.24, 2.45) is 18.9 Å². The van der Waals surface area contributed by atoms with Gasteiger partial charge in [-0.25, -0.2) is 4.98 Å². The van der Waals surface area contributed by atoms with Crippen molar-refractivity contribution in [1.82, 2.24) is 9.55 Å². The molecule has 0 saturated heterocycles. The third-order valence-electron chi connectivity index (χ3n) is 6.66. The first-order chi connectivity index (χ1) is 14.5. The highest BCUT2D eigenvalue weighted by molar-refractivity contribution is 5.66. The van der Waals surface area contributed by atoms with E-state index >= 15 is 0 Å². The van der Waals surface area contributed by atoms with Gasteiger partial charge in [0.1, 0.15) is 5.75 Å². The zero-order valence-electron chi connectivity index (χ0n) is 17.2. The van der Waals surface area contributed by atoms with Gasteiger partial charge in [0.2, 0.25) is 5.95 Å². The lowest BCUT2D eigenvalue weighted by Gasteiger charge is -2.28. The van der Waals surface area contributed by atoms with E-state index in [4.69, 9.17) is 10.5 Å². The van der Waals surface area contributed by atoms with E-state index in [0.29, 0.717) is 11.8 Å². The van der Waals surface area contributed by atoms with Crippen LogP contribution in [0.5, 0.6) is 5.75 Å². The fraction of sp³-hybridized carbons (Fsp3) is 0.280. The molecule has 2 N–H and O–H groups in total. The van der Waals surface area contributed by atoms with E-state index in [1.807, 2.05) is 12.1 Å². The second-order valence-electron chi connectivity index (χ2n) is 8.29. The molecule has 0 amide bonds. The molecule has 1 aromatic heterocycles. The number of nitrogens with two attached hydrogens (primary N) is 1. The summed E-state index contributed by atoms with van der Waals surface area (Å²) in [7, 11) is 3.34. The molecule has 2 aliphatic carbocycles. The molecule has 4 atom stereocenters. The average Bonchev–Trinajstić information content (AvgIpc) is 3.39. The van der Waals surface area contributed by atoms with E-state index in [0.717, 1.165) is 29.0 Å². The Morgan fingerprint density at radius 3 is 2.43 bits per heavy atom. The number of nitrogens with zero attached hydrogens (tertiary/aromatic N) is 2. The molecule has 1 fully saturated rings. The van der Waals surface area contributed by atoms with Crippen molar-refractivity contribution in [3.8, 4) is 16.9 Å². The van der Waals surface area contributed by atoms with Crippen molar-refractivity contribution in [2.75, 3.05) is 12.8 Å². The Morgan fingerprint density at radius 1 is 1.00 bits per heavy atom. The van der Waals surface area contributed by atoms with Gasteiger partial charge in [0.05, 0.1) is 12.8 Å². The fourth-order valence-corrected chi connectivity index (χ4v) is 5.15. The normalized spacial score (nSPS) is 24.3. The predicted octanol–water partition coefficient (Wildman–Crippen LogP) is 4.11. The van der Waals surface area contributed by atoms with Crippen LogP contribution in [-0.4, -0.2) is 16.7 Å². The van der Waals surface area contributed by atoms with E-state index in [-0.39, 0.29) is 23.3 Å². The molecule has 3 aromatic rings. The summed E-state index contributed by atoms with van der Waals surface area (Å²) >= 11 is 0. The van der Waals surface area contributed by atoms with Crippen LogP contribution in [0.15, 0.2) is 71.5 Å². The smallest absolute Gasteiger partial charge is 0.254 e. The number of hydrogen-bond acceptors (Lipinski definition) is 4. The topological polar surface area (TPSA) is 70.1 Å². The van der Waals surface area contributed by atoms with Crippen molar-refractivity contribution in [3.05, 3.63) is 88.4 Å². The maximum absolute atomic E-state index is 12.4. The average molecular weight is 399 g/mol. The zero-order valence-corrected chi connectivity index (χ0v) is 17.2. The molecule has 5 nitrogen and oxygen atoms in total. The lowest BCUT2D eigenvalue weighted by atomic mass is 9.76. The number of nitrogen functional groups attached to an aromatic ring is 1. The molecule has 152 valence electrons. The van der Waals surface area contributed by atoms with Gasteiger partial charge in [0.15, 0.2) is 0 Å². The predicted molar refractivity (Wildman–Crippen MR) is 119 cm³/mol. The van der Waals surface area contributed by atoms with E-state index in [1.54, 1.807) is 20.2 Å². The van der Waals surface area contributed by atoms with Crippen LogP contribution in [0.2, 0.25) is 0 Å². The SMILES string of the molecule is COc1cccc(-c2cccc([C@@H]3C4C=CC(C4)[C@H]3c3cc(=O)n(C)c(N)n3)c2)c1. The fourth-order valence-electron chi connectivity index (χ4n) is 5.15. The zero-order chi connectivity index (χ0) is 20.8. The van der Waals surface area contributed by atoms with Crippen molar-refractivity contribution in [2.45, 2.75) is 18.3 Å². The number of aromatic nitrogens is 2. The van der Waals surface area contributed by atoms with Crippen molar-refractivity contribution in [3.63, 3.8) is 0 Å². The molecule has 0 aliphatic heterocycles. The molecular formula is C25H25N3O2. The molecule has 2 bridgehead atoms. The van der Waals surface area contributed by atoms with Crippen LogP contribution in [0.1, 0.15) is 29.5 Å². The molecule has 30 heavy (non-hydrogen) atoms. The minimum Gasteiger partial charge on any atom is -0.497 e. The summed E-state index contributed by atoms with van der Waals surface area (Å²) in [6.45, 7) is 0. The number of benzene rings is 2. The molecule has 0 radical (unpaired) electrons. The summed E-state index contributed by atoms with van der Waals surface area (Å²) < 4.78 is 6.79. The van der Waals surface area contributed by atoms with Crippen molar-refractivity contribution in [1.29, 1.82) is 0 Å². The molecule has 2 unspecified atom stereocenters. The first kappa shape index (κ1) is 18.7. The maximum atomic E-state index is 12.4. The van der Waals surface area contributed by atoms with Gasteiger partial charge >= 0.3 is 0 Å². The Morgan fingerprint density at radius 2 is 1.70 bits per heavy atom. The second-order valence-corrected chi connectivity index (χ2v) is 8.29. The van der Waals surface area contributed by atoms with Crippen molar-refractivity contribution >= 4 is 5.95 Å². The summed E-state index contributed by atoms with van der Waals surface area (Å²) in [5.41, 5.74) is 10.3. The molecule has 5 rings (SSSR count). The molecule has 0 spiro atoms. The number of fused-ring (bicyclic) bond motifs is 2. The number of allylic oxidation sites excluding steroid dienone is 2. The standard InChI is InChI=1S/C25H25N3O2/c1-28-22(29)14-21(27-25(28)26)24-19-10-9-18(12-19)23(24)17-7-3-5-15(11-17)16-6-4-8-20(13-16)30-2/h3-11,13-14,18-19,23-24H,12H2,1-2H3,(H2,26,27)/t18?,19?,23-,24+/m1/s1. The highest BCUT2D eigenvalue weighted by Gasteiger charge is 2.46. The van der Waals surface area contributed by atoms with Gasteiger partial charge in [-0.3, -0.25) is 9.36 Å². The summed E-state index contributed by atoms with van der Waals surface area (Å²) in [6.07, 6.45) is 5.71. The second kappa shape index (κ2) is 7.17. The third kappa shape index (κ3) is 3.02. The minimum atomic E-state index is -0.104. The Kier molecular flexibility index (Phi) is 4.46. The van der Waals surface area contributed by atoms with Crippen LogP contribution in [0.25, 0.3) is 11.1 Å². The highest BCUT2D eigenvalue weighted by Crippen LogP contribution is 2.57. The molecule has 2 aliphatic rings. The van der Waals surface area contributed by atoms with Crippen LogP contribution < -0.4 is 16.0 Å². The van der Waals surface area contributed by atoms with E-state index < -0.39 is 0 Å². The third-order valence-corrected chi connectivity index (χ3v) is 6.66. The van der Waals surface area contributed by atoms with Crippen LogP contribution in [0.3, 0.4) is 0 Å². The monoisotopic (exact) mass is 399 g/mol. The van der Waals surface area contributed by atoms with Gasteiger partial charge in [0.25, 0.3) is 5.56 Å². The minimum absolute atomic E-state index is 0.104. The van der Waals surface area contributed by atoms with Crippen LogP contribution >= 0.6 is 0 Å².